The maximum Gasteiger partial charge on any atom is 0.163 e. The van der Waals surface area contributed by atoms with Crippen LogP contribution in [0.15, 0.2) is 24.3 Å². The number of rotatable bonds is 3. The van der Waals surface area contributed by atoms with Crippen molar-refractivity contribution in [3.63, 3.8) is 0 Å². The van der Waals surface area contributed by atoms with Crippen LogP contribution in [0.5, 0.6) is 0 Å². The largest absolute Gasteiger partial charge is 0.316 e. The Balaban J connectivity index is 2.01. The monoisotopic (exact) mass is 207 g/mol. The van der Waals surface area contributed by atoms with E-state index < -0.39 is 0 Å². The highest BCUT2D eigenvalue weighted by atomic mass is 19.1. The van der Waals surface area contributed by atoms with Gasteiger partial charge in [-0.3, -0.25) is 4.79 Å². The topological polar surface area (TPSA) is 29.1 Å². The molecule has 1 aliphatic heterocycles. The molecule has 2 nitrogen and oxygen atoms in total. The molecule has 80 valence electrons. The SMILES string of the molecule is O=C(CC1CCNC1)c1cccc(F)c1. The number of carbonyl (C=O) groups excluding carboxylic acids is 1. The van der Waals surface area contributed by atoms with Crippen LogP contribution >= 0.6 is 0 Å². The van der Waals surface area contributed by atoms with Crippen molar-refractivity contribution in [1.82, 2.24) is 5.32 Å². The van der Waals surface area contributed by atoms with Gasteiger partial charge in [0.2, 0.25) is 0 Å². The lowest BCUT2D eigenvalue weighted by atomic mass is 9.98. The Morgan fingerprint density at radius 2 is 2.40 bits per heavy atom. The molecule has 0 spiro atoms. The second kappa shape index (κ2) is 4.53. The van der Waals surface area contributed by atoms with E-state index in [2.05, 4.69) is 5.32 Å². The molecular formula is C12H14FNO. The third-order valence-electron chi connectivity index (χ3n) is 2.78. The fourth-order valence-electron chi connectivity index (χ4n) is 1.93. The third-order valence-corrected chi connectivity index (χ3v) is 2.78. The number of hydrogen-bond donors (Lipinski definition) is 1. The Morgan fingerprint density at radius 1 is 1.53 bits per heavy atom. The van der Waals surface area contributed by atoms with E-state index >= 15 is 0 Å². The number of ketones is 1. The number of hydrogen-bond acceptors (Lipinski definition) is 2. The average molecular weight is 207 g/mol. The zero-order chi connectivity index (χ0) is 10.7. The summed E-state index contributed by atoms with van der Waals surface area (Å²) in [6.45, 7) is 1.89. The lowest BCUT2D eigenvalue weighted by molar-refractivity contribution is 0.0964. The summed E-state index contributed by atoms with van der Waals surface area (Å²) in [5, 5.41) is 3.21. The number of benzene rings is 1. The van der Waals surface area contributed by atoms with Gasteiger partial charge in [0.15, 0.2) is 5.78 Å². The molecule has 0 amide bonds. The zero-order valence-electron chi connectivity index (χ0n) is 8.50. The van der Waals surface area contributed by atoms with E-state index in [0.717, 1.165) is 19.5 Å². The van der Waals surface area contributed by atoms with Gasteiger partial charge in [-0.05, 0) is 37.6 Å². The van der Waals surface area contributed by atoms with E-state index in [1.807, 2.05) is 0 Å². The van der Waals surface area contributed by atoms with Crippen molar-refractivity contribution in [2.24, 2.45) is 5.92 Å². The van der Waals surface area contributed by atoms with Gasteiger partial charge in [-0.1, -0.05) is 12.1 Å². The lowest BCUT2D eigenvalue weighted by Gasteiger charge is -2.06. The predicted molar refractivity (Wildman–Crippen MR) is 56.3 cm³/mol. The molecule has 2 rings (SSSR count). The van der Waals surface area contributed by atoms with Gasteiger partial charge in [0, 0.05) is 12.0 Å². The molecule has 1 heterocycles. The first-order valence-electron chi connectivity index (χ1n) is 5.25. The van der Waals surface area contributed by atoms with Crippen molar-refractivity contribution in [1.29, 1.82) is 0 Å². The normalized spacial score (nSPS) is 20.5. The molecule has 15 heavy (non-hydrogen) atoms. The highest BCUT2D eigenvalue weighted by Crippen LogP contribution is 2.16. The van der Waals surface area contributed by atoms with E-state index in [4.69, 9.17) is 0 Å². The van der Waals surface area contributed by atoms with Crippen LogP contribution in [0.3, 0.4) is 0 Å². The Bertz CT molecular complexity index is 358. The first-order chi connectivity index (χ1) is 7.25. The van der Waals surface area contributed by atoms with Crippen LogP contribution < -0.4 is 5.32 Å². The molecule has 1 N–H and O–H groups in total. The number of halogens is 1. The molecule has 1 saturated heterocycles. The van der Waals surface area contributed by atoms with Gasteiger partial charge in [-0.15, -0.1) is 0 Å². The molecule has 1 aliphatic rings. The molecule has 1 unspecified atom stereocenters. The average Bonchev–Trinajstić information content (AvgIpc) is 2.70. The minimum Gasteiger partial charge on any atom is -0.316 e. The minimum atomic E-state index is -0.342. The van der Waals surface area contributed by atoms with Crippen LogP contribution in [-0.4, -0.2) is 18.9 Å². The number of carbonyl (C=O) groups is 1. The van der Waals surface area contributed by atoms with Crippen molar-refractivity contribution < 1.29 is 9.18 Å². The van der Waals surface area contributed by atoms with Gasteiger partial charge in [0.05, 0.1) is 0 Å². The first-order valence-corrected chi connectivity index (χ1v) is 5.25. The van der Waals surface area contributed by atoms with Crippen molar-refractivity contribution in [3.8, 4) is 0 Å². The van der Waals surface area contributed by atoms with E-state index in [-0.39, 0.29) is 11.6 Å². The van der Waals surface area contributed by atoms with Crippen molar-refractivity contribution in [2.75, 3.05) is 13.1 Å². The standard InChI is InChI=1S/C12H14FNO/c13-11-3-1-2-10(7-11)12(15)6-9-4-5-14-8-9/h1-3,7,9,14H,4-6,8H2. The molecule has 1 aromatic carbocycles. The molecule has 0 aliphatic carbocycles. The Kier molecular flexibility index (Phi) is 3.11. The van der Waals surface area contributed by atoms with Crippen LogP contribution in [-0.2, 0) is 0 Å². The maximum absolute atomic E-state index is 12.9. The smallest absolute Gasteiger partial charge is 0.163 e. The minimum absolute atomic E-state index is 0.0446. The summed E-state index contributed by atoms with van der Waals surface area (Å²) >= 11 is 0. The van der Waals surface area contributed by atoms with Crippen LogP contribution in [0.4, 0.5) is 4.39 Å². The Hall–Kier alpha value is -1.22. The van der Waals surface area contributed by atoms with Gasteiger partial charge in [0.25, 0.3) is 0 Å². The molecule has 0 bridgehead atoms. The predicted octanol–water partition coefficient (Wildman–Crippen LogP) is 2.01. The molecule has 0 aromatic heterocycles. The van der Waals surface area contributed by atoms with Gasteiger partial charge in [0.1, 0.15) is 5.82 Å². The van der Waals surface area contributed by atoms with Gasteiger partial charge in [-0.2, -0.15) is 0 Å². The van der Waals surface area contributed by atoms with Crippen LogP contribution in [0.1, 0.15) is 23.2 Å². The number of nitrogens with one attached hydrogen (secondary N) is 1. The zero-order valence-corrected chi connectivity index (χ0v) is 8.50. The molecule has 1 atom stereocenters. The summed E-state index contributed by atoms with van der Waals surface area (Å²) in [4.78, 5) is 11.8. The Labute approximate surface area is 88.5 Å². The molecule has 1 fully saturated rings. The quantitative estimate of drug-likeness (QED) is 0.768. The summed E-state index contributed by atoms with van der Waals surface area (Å²) in [5.74, 6) is 0.120. The Morgan fingerprint density at radius 3 is 3.07 bits per heavy atom. The second-order valence-electron chi connectivity index (χ2n) is 4.00. The highest BCUT2D eigenvalue weighted by Gasteiger charge is 2.18. The highest BCUT2D eigenvalue weighted by molar-refractivity contribution is 5.96. The summed E-state index contributed by atoms with van der Waals surface area (Å²) < 4.78 is 12.9. The molecule has 0 radical (unpaired) electrons. The van der Waals surface area contributed by atoms with Crippen LogP contribution in [0.2, 0.25) is 0 Å². The third kappa shape index (κ3) is 2.63. The van der Waals surface area contributed by atoms with Crippen LogP contribution in [0, 0.1) is 11.7 Å². The molecular weight excluding hydrogens is 193 g/mol. The van der Waals surface area contributed by atoms with Crippen molar-refractivity contribution >= 4 is 5.78 Å². The lowest BCUT2D eigenvalue weighted by Crippen LogP contribution is -2.12. The van der Waals surface area contributed by atoms with Crippen LogP contribution in [0.25, 0.3) is 0 Å². The summed E-state index contributed by atoms with van der Waals surface area (Å²) in [6.07, 6.45) is 1.57. The maximum atomic E-state index is 12.9. The fourth-order valence-corrected chi connectivity index (χ4v) is 1.93. The second-order valence-corrected chi connectivity index (χ2v) is 4.00. The first kappa shape index (κ1) is 10.3. The summed E-state index contributed by atoms with van der Waals surface area (Å²) in [5.41, 5.74) is 0.488. The van der Waals surface area contributed by atoms with Crippen molar-refractivity contribution in [2.45, 2.75) is 12.8 Å². The fraction of sp³-hybridized carbons (Fsp3) is 0.417. The number of Topliss-reactive ketones (excluding diaryl/α,β-unsaturated/α-hetero) is 1. The molecule has 3 heteroatoms. The molecule has 1 aromatic rings. The molecule has 0 saturated carbocycles. The van der Waals surface area contributed by atoms with E-state index in [0.29, 0.717) is 17.9 Å². The van der Waals surface area contributed by atoms with E-state index in [9.17, 15) is 9.18 Å². The summed E-state index contributed by atoms with van der Waals surface area (Å²) in [6, 6.07) is 5.92. The van der Waals surface area contributed by atoms with Gasteiger partial charge in [-0.25, -0.2) is 4.39 Å². The van der Waals surface area contributed by atoms with E-state index in [1.54, 1.807) is 12.1 Å². The summed E-state index contributed by atoms with van der Waals surface area (Å²) in [7, 11) is 0. The van der Waals surface area contributed by atoms with Crippen molar-refractivity contribution in [3.05, 3.63) is 35.6 Å². The van der Waals surface area contributed by atoms with Gasteiger partial charge < -0.3 is 5.32 Å². The van der Waals surface area contributed by atoms with Gasteiger partial charge >= 0.3 is 0 Å². The van der Waals surface area contributed by atoms with E-state index in [1.165, 1.54) is 12.1 Å².